The number of aromatic nitrogens is 5. The van der Waals surface area contributed by atoms with Gasteiger partial charge in [0.05, 0.1) is 12.5 Å². The molecule has 180 valence electrons. The molecule has 1 amide bonds. The fourth-order valence-corrected chi connectivity index (χ4v) is 3.92. The molecule has 3 unspecified atom stereocenters. The molecule has 3 aromatic heterocycles. The molecule has 0 bridgehead atoms. The predicted octanol–water partition coefficient (Wildman–Crippen LogP) is 1.00. The Bertz CT molecular complexity index is 1370. The first-order valence-electron chi connectivity index (χ1n) is 10.8. The van der Waals surface area contributed by atoms with Gasteiger partial charge in [0, 0.05) is 25.4 Å². The summed E-state index contributed by atoms with van der Waals surface area (Å²) in [6, 6.07) is 10.9. The zero-order chi connectivity index (χ0) is 24.5. The normalized spacial score (nSPS) is 21.8. The second-order valence-corrected chi connectivity index (χ2v) is 7.99. The molecule has 4 aromatic rings. The maximum Gasteiger partial charge on any atom is 0.251 e. The molecule has 4 atom stereocenters. The third-order valence-electron chi connectivity index (χ3n) is 5.70. The molecule has 5 rings (SSSR count). The number of halogens is 1. The third kappa shape index (κ3) is 4.30. The second kappa shape index (κ2) is 9.33. The second-order valence-electron chi connectivity index (χ2n) is 7.99. The lowest BCUT2D eigenvalue weighted by Gasteiger charge is -2.17. The summed E-state index contributed by atoms with van der Waals surface area (Å²) < 4.78 is 21.0. The first-order valence-corrected chi connectivity index (χ1v) is 10.8. The lowest BCUT2D eigenvalue weighted by Crippen LogP contribution is -2.41. The maximum absolute atomic E-state index is 13.9. The number of nitrogens with one attached hydrogen (secondary N) is 2. The van der Waals surface area contributed by atoms with Gasteiger partial charge in [-0.3, -0.25) is 14.3 Å². The van der Waals surface area contributed by atoms with E-state index < -0.39 is 36.3 Å². The molecule has 1 aromatic carbocycles. The van der Waals surface area contributed by atoms with Crippen LogP contribution in [0.4, 0.5) is 10.2 Å². The molecular formula is C23H22FN7O4. The molecule has 0 aliphatic carbocycles. The van der Waals surface area contributed by atoms with Crippen molar-refractivity contribution in [1.82, 2.24) is 29.8 Å². The van der Waals surface area contributed by atoms with Crippen LogP contribution in [0, 0.1) is 5.82 Å². The van der Waals surface area contributed by atoms with Crippen LogP contribution in [0.2, 0.25) is 0 Å². The van der Waals surface area contributed by atoms with Gasteiger partial charge in [-0.05, 0) is 11.6 Å². The molecule has 4 heterocycles. The average Bonchev–Trinajstić information content (AvgIpc) is 3.43. The van der Waals surface area contributed by atoms with Crippen LogP contribution in [-0.4, -0.2) is 66.0 Å². The highest BCUT2D eigenvalue weighted by atomic mass is 19.1. The van der Waals surface area contributed by atoms with Gasteiger partial charge in [0.25, 0.3) is 5.91 Å². The number of imidazole rings is 1. The monoisotopic (exact) mass is 479 g/mol. The molecule has 0 spiro atoms. The Morgan fingerprint density at radius 1 is 1.17 bits per heavy atom. The minimum Gasteiger partial charge on any atom is -0.387 e. The van der Waals surface area contributed by atoms with Gasteiger partial charge >= 0.3 is 0 Å². The highest BCUT2D eigenvalue weighted by molar-refractivity contribution is 5.85. The Morgan fingerprint density at radius 3 is 2.71 bits per heavy atom. The number of benzene rings is 1. The van der Waals surface area contributed by atoms with Crippen molar-refractivity contribution in [2.45, 2.75) is 31.1 Å². The van der Waals surface area contributed by atoms with Gasteiger partial charge in [0.15, 0.2) is 35.1 Å². The van der Waals surface area contributed by atoms with Crippen molar-refractivity contribution in [2.75, 3.05) is 12.4 Å². The van der Waals surface area contributed by atoms with E-state index in [1.807, 2.05) is 30.3 Å². The first kappa shape index (κ1) is 22.8. The number of ether oxygens (including phenoxy) is 1. The average molecular weight is 479 g/mol. The summed E-state index contributed by atoms with van der Waals surface area (Å²) in [7, 11) is 1.40. The molecule has 1 aliphatic heterocycles. The highest BCUT2D eigenvalue weighted by Crippen LogP contribution is 2.33. The van der Waals surface area contributed by atoms with Crippen LogP contribution in [0.1, 0.15) is 11.8 Å². The van der Waals surface area contributed by atoms with Crippen molar-refractivity contribution in [1.29, 1.82) is 0 Å². The number of rotatable bonds is 6. The van der Waals surface area contributed by atoms with E-state index in [4.69, 9.17) is 4.74 Å². The number of pyridine rings is 1. The molecule has 1 saturated heterocycles. The van der Waals surface area contributed by atoms with E-state index in [2.05, 4.69) is 30.6 Å². The quantitative estimate of drug-likeness (QED) is 0.318. The van der Waals surface area contributed by atoms with Gasteiger partial charge in [-0.2, -0.15) is 0 Å². The van der Waals surface area contributed by atoms with Crippen LogP contribution in [0.25, 0.3) is 22.6 Å². The number of carbonyl (C=O) groups is 1. The number of nitrogens with zero attached hydrogens (tertiary/aromatic N) is 5. The van der Waals surface area contributed by atoms with E-state index in [9.17, 15) is 19.4 Å². The fraction of sp³-hybridized carbons (Fsp3) is 0.261. The number of hydrogen-bond acceptors (Lipinski definition) is 9. The Morgan fingerprint density at radius 2 is 1.97 bits per heavy atom. The number of aliphatic hydroxyl groups is 2. The van der Waals surface area contributed by atoms with Crippen molar-refractivity contribution in [3.63, 3.8) is 0 Å². The highest BCUT2D eigenvalue weighted by Gasteiger charge is 2.47. The van der Waals surface area contributed by atoms with E-state index in [0.717, 1.165) is 11.8 Å². The Hall–Kier alpha value is -4.00. The van der Waals surface area contributed by atoms with Crippen LogP contribution in [0.5, 0.6) is 0 Å². The van der Waals surface area contributed by atoms with Gasteiger partial charge in [-0.1, -0.05) is 30.3 Å². The molecule has 0 radical (unpaired) electrons. The molecule has 0 saturated carbocycles. The van der Waals surface area contributed by atoms with Crippen LogP contribution in [0.3, 0.4) is 0 Å². The van der Waals surface area contributed by atoms with Crippen molar-refractivity contribution < 1.29 is 24.1 Å². The zero-order valence-electron chi connectivity index (χ0n) is 18.5. The van der Waals surface area contributed by atoms with Crippen molar-refractivity contribution in [2.24, 2.45) is 0 Å². The smallest absolute Gasteiger partial charge is 0.251 e. The molecule has 12 heteroatoms. The lowest BCUT2D eigenvalue weighted by molar-refractivity contribution is -0.137. The predicted molar refractivity (Wildman–Crippen MR) is 122 cm³/mol. The Labute approximate surface area is 198 Å². The molecular weight excluding hydrogens is 457 g/mol. The number of amides is 1. The third-order valence-corrected chi connectivity index (χ3v) is 5.70. The minimum absolute atomic E-state index is 0.165. The van der Waals surface area contributed by atoms with Crippen molar-refractivity contribution in [3.8, 4) is 11.4 Å². The number of fused-ring (bicyclic) bond motifs is 1. The van der Waals surface area contributed by atoms with E-state index >= 15 is 0 Å². The fourth-order valence-electron chi connectivity index (χ4n) is 3.92. The van der Waals surface area contributed by atoms with E-state index in [-0.39, 0.29) is 11.5 Å². The number of carbonyl (C=O) groups excluding carboxylic acids is 1. The number of aliphatic hydroxyl groups excluding tert-OH is 2. The van der Waals surface area contributed by atoms with Gasteiger partial charge < -0.3 is 25.6 Å². The zero-order valence-corrected chi connectivity index (χ0v) is 18.5. The lowest BCUT2D eigenvalue weighted by atomic mass is 10.1. The topological polar surface area (TPSA) is 147 Å². The van der Waals surface area contributed by atoms with E-state index in [0.29, 0.717) is 23.4 Å². The van der Waals surface area contributed by atoms with Crippen LogP contribution >= 0.6 is 0 Å². The van der Waals surface area contributed by atoms with Gasteiger partial charge in [0.1, 0.15) is 18.0 Å². The molecule has 1 fully saturated rings. The molecule has 35 heavy (non-hydrogen) atoms. The van der Waals surface area contributed by atoms with Gasteiger partial charge in [-0.25, -0.2) is 19.3 Å². The van der Waals surface area contributed by atoms with Gasteiger partial charge in [-0.15, -0.1) is 0 Å². The summed E-state index contributed by atoms with van der Waals surface area (Å²) in [5.41, 5.74) is 1.95. The molecule has 11 nitrogen and oxygen atoms in total. The summed E-state index contributed by atoms with van der Waals surface area (Å²) >= 11 is 0. The standard InChI is InChI=1S/C23H22FN7O4/c1-25-22(34)18-16(32)17(33)23(35-18)31-11-28-15-20(27-8-12-5-3-2-4-6-12)29-19(30-21(15)31)13-7-14(24)10-26-9-13/h2-7,9-11,16-18,23,32-33H,8H2,1H3,(H,25,34)(H,27,29,30)/t16?,17?,18-,23?/m1/s1. The van der Waals surface area contributed by atoms with Crippen LogP contribution in [-0.2, 0) is 16.1 Å². The molecule has 1 aliphatic rings. The molecule has 4 N–H and O–H groups in total. The summed E-state index contributed by atoms with van der Waals surface area (Å²) in [6.45, 7) is 0.431. The first-order chi connectivity index (χ1) is 17.0. The minimum atomic E-state index is -1.46. The number of likely N-dealkylation sites (N-methyl/N-ethyl adjacent to an activating group) is 1. The number of hydrogen-bond donors (Lipinski definition) is 4. The van der Waals surface area contributed by atoms with Crippen molar-refractivity contribution in [3.05, 3.63) is 66.5 Å². The van der Waals surface area contributed by atoms with Gasteiger partial charge in [0.2, 0.25) is 0 Å². The van der Waals surface area contributed by atoms with E-state index in [1.165, 1.54) is 30.2 Å². The Balaban J connectivity index is 1.58. The van der Waals surface area contributed by atoms with Crippen LogP contribution < -0.4 is 10.6 Å². The maximum atomic E-state index is 13.9. The van der Waals surface area contributed by atoms with E-state index in [1.54, 1.807) is 0 Å². The number of anilines is 1. The summed E-state index contributed by atoms with van der Waals surface area (Å²) in [5.74, 6) is -0.593. The van der Waals surface area contributed by atoms with Crippen molar-refractivity contribution >= 4 is 22.9 Å². The summed E-state index contributed by atoms with van der Waals surface area (Å²) in [5, 5.41) is 26.6. The summed E-state index contributed by atoms with van der Waals surface area (Å²) in [6.07, 6.45) is -1.42. The summed E-state index contributed by atoms with van der Waals surface area (Å²) in [4.78, 5) is 29.4. The Kier molecular flexibility index (Phi) is 6.07. The SMILES string of the molecule is CNC(=O)[C@@H]1OC(n2cnc3c(NCc4ccccc4)nc(-c4cncc(F)c4)nc32)C(O)C1O. The largest absolute Gasteiger partial charge is 0.387 e. The van der Waals surface area contributed by atoms with Crippen LogP contribution in [0.15, 0.2) is 55.1 Å².